The summed E-state index contributed by atoms with van der Waals surface area (Å²) in [7, 11) is 0. The van der Waals surface area contributed by atoms with Gasteiger partial charge in [0.15, 0.2) is 5.92 Å². The first kappa shape index (κ1) is 35.4. The number of nitrogens with zero attached hydrogens (tertiary/aromatic N) is 7. The van der Waals surface area contributed by atoms with Gasteiger partial charge in [0, 0.05) is 29.1 Å². The summed E-state index contributed by atoms with van der Waals surface area (Å²) in [6, 6.07) is 40.1. The summed E-state index contributed by atoms with van der Waals surface area (Å²) in [5.74, 6) is -1.11. The molecular formula is C43H31N7. The number of hydrogen-bond donors (Lipinski definition) is 0. The van der Waals surface area contributed by atoms with Gasteiger partial charge in [0.05, 0.1) is 35.4 Å². The van der Waals surface area contributed by atoms with Crippen LogP contribution in [0.15, 0.2) is 161 Å². The Kier molecular flexibility index (Phi) is 12.8. The smallest absolute Gasteiger partial charge is 0.160 e. The normalized spacial score (nSPS) is 13.9. The fraction of sp³-hybridized carbons (Fsp3) is 0.116. The molecule has 0 radical (unpaired) electrons. The molecule has 0 saturated heterocycles. The van der Waals surface area contributed by atoms with Crippen molar-refractivity contribution in [2.75, 3.05) is 11.4 Å². The lowest BCUT2D eigenvalue weighted by Crippen LogP contribution is -2.22. The monoisotopic (exact) mass is 645 g/mol. The average molecular weight is 646 g/mol. The number of benzene rings is 3. The number of hydrogen-bond acceptors (Lipinski definition) is 7. The SMILES string of the molecule is CCN(C1=C(/C=C/C=C(\C#N)C(=C(C#N)C#N)c2ccccc2)CC\C1=C/C=C/C(C#N)=C(/c1ccccc1)C(C#N)C#N)c1ccccc1. The lowest BCUT2D eigenvalue weighted by molar-refractivity contribution is 0.958. The van der Waals surface area contributed by atoms with Gasteiger partial charge in [-0.3, -0.25) is 0 Å². The second-order valence-electron chi connectivity index (χ2n) is 10.9. The van der Waals surface area contributed by atoms with Gasteiger partial charge in [0.1, 0.15) is 17.7 Å². The van der Waals surface area contributed by atoms with Crippen LogP contribution in [0.5, 0.6) is 0 Å². The lowest BCUT2D eigenvalue weighted by Gasteiger charge is -2.27. The molecule has 0 aromatic heterocycles. The zero-order valence-electron chi connectivity index (χ0n) is 27.5. The van der Waals surface area contributed by atoms with E-state index in [-0.39, 0.29) is 22.3 Å². The Morgan fingerprint density at radius 1 is 0.720 bits per heavy atom. The van der Waals surface area contributed by atoms with Crippen LogP contribution in [-0.4, -0.2) is 6.54 Å². The molecule has 50 heavy (non-hydrogen) atoms. The second-order valence-corrected chi connectivity index (χ2v) is 10.9. The zero-order valence-corrected chi connectivity index (χ0v) is 27.5. The first-order valence-electron chi connectivity index (χ1n) is 15.9. The van der Waals surface area contributed by atoms with Gasteiger partial charge in [-0.2, -0.15) is 31.6 Å². The molecule has 4 rings (SSSR count). The van der Waals surface area contributed by atoms with Crippen LogP contribution in [0.1, 0.15) is 30.9 Å². The van der Waals surface area contributed by atoms with Crippen molar-refractivity contribution in [1.82, 2.24) is 0 Å². The van der Waals surface area contributed by atoms with Crippen molar-refractivity contribution in [3.8, 4) is 36.4 Å². The maximum Gasteiger partial charge on any atom is 0.160 e. The standard InChI is InChI=1S/C43H31N7/c1-2-50(40-22-10-5-11-23-40)43-34(18-12-20-36(26-44)41(38(28-46)29-47)32-14-6-3-7-15-32)24-25-35(43)19-13-21-37(27-45)42(39(30-48)31-49)33-16-8-4-9-17-33/h3-23,38H,2,24-25H2,1H3/b19-13+,20-12+,34-18+,37-21+,41-36+. The minimum absolute atomic E-state index is 0.145. The molecule has 7 heteroatoms. The van der Waals surface area contributed by atoms with Crippen LogP contribution < -0.4 is 4.90 Å². The molecule has 3 aromatic carbocycles. The number of nitriles is 6. The Labute approximate surface area is 293 Å². The third-order valence-electron chi connectivity index (χ3n) is 8.01. The van der Waals surface area contributed by atoms with E-state index >= 15 is 0 Å². The molecule has 0 aliphatic heterocycles. The van der Waals surface area contributed by atoms with Crippen LogP contribution in [0.3, 0.4) is 0 Å². The summed E-state index contributed by atoms with van der Waals surface area (Å²) in [6.07, 6.45) is 12.1. The predicted molar refractivity (Wildman–Crippen MR) is 194 cm³/mol. The van der Waals surface area contributed by atoms with Crippen molar-refractivity contribution in [3.05, 3.63) is 172 Å². The van der Waals surface area contributed by atoms with Crippen LogP contribution in [0.4, 0.5) is 5.69 Å². The average Bonchev–Trinajstić information content (AvgIpc) is 3.56. The quantitative estimate of drug-likeness (QED) is 0.149. The molecule has 0 unspecified atom stereocenters. The van der Waals surface area contributed by atoms with Gasteiger partial charge in [-0.15, -0.1) is 0 Å². The third-order valence-corrected chi connectivity index (χ3v) is 8.01. The van der Waals surface area contributed by atoms with Gasteiger partial charge in [-0.25, -0.2) is 0 Å². The lowest BCUT2D eigenvalue weighted by atomic mass is 9.90. The maximum atomic E-state index is 10.1. The van der Waals surface area contributed by atoms with E-state index in [1.807, 2.05) is 78.9 Å². The van der Waals surface area contributed by atoms with Crippen LogP contribution in [-0.2, 0) is 0 Å². The minimum Gasteiger partial charge on any atom is -0.341 e. The zero-order chi connectivity index (χ0) is 35.7. The fourth-order valence-electron chi connectivity index (χ4n) is 5.78. The van der Waals surface area contributed by atoms with E-state index in [0.717, 1.165) is 22.5 Å². The van der Waals surface area contributed by atoms with Crippen molar-refractivity contribution >= 4 is 16.8 Å². The van der Waals surface area contributed by atoms with Gasteiger partial charge < -0.3 is 4.90 Å². The summed E-state index contributed by atoms with van der Waals surface area (Å²) >= 11 is 0. The molecule has 0 amide bonds. The molecule has 1 aliphatic carbocycles. The van der Waals surface area contributed by atoms with Gasteiger partial charge >= 0.3 is 0 Å². The van der Waals surface area contributed by atoms with E-state index in [2.05, 4.69) is 24.0 Å². The predicted octanol–water partition coefficient (Wildman–Crippen LogP) is 9.19. The fourth-order valence-corrected chi connectivity index (χ4v) is 5.78. The van der Waals surface area contributed by atoms with Crippen molar-refractivity contribution < 1.29 is 0 Å². The highest BCUT2D eigenvalue weighted by molar-refractivity contribution is 5.89. The van der Waals surface area contributed by atoms with E-state index in [0.29, 0.717) is 36.1 Å². The molecule has 0 saturated carbocycles. The summed E-state index contributed by atoms with van der Waals surface area (Å²) in [5, 5.41) is 58.9. The Balaban J connectivity index is 1.83. The molecule has 0 heterocycles. The van der Waals surface area contributed by atoms with Crippen LogP contribution in [0.25, 0.3) is 11.1 Å². The molecule has 0 N–H and O–H groups in total. The van der Waals surface area contributed by atoms with Crippen molar-refractivity contribution in [1.29, 1.82) is 31.6 Å². The summed E-state index contributed by atoms with van der Waals surface area (Å²) < 4.78 is 0. The van der Waals surface area contributed by atoms with Crippen molar-refractivity contribution in [3.63, 3.8) is 0 Å². The minimum atomic E-state index is -1.11. The molecule has 0 spiro atoms. The summed E-state index contributed by atoms with van der Waals surface area (Å²) in [6.45, 7) is 2.73. The topological polar surface area (TPSA) is 146 Å². The van der Waals surface area contributed by atoms with E-state index in [1.165, 1.54) is 0 Å². The van der Waals surface area contributed by atoms with Crippen LogP contribution in [0.2, 0.25) is 0 Å². The summed E-state index contributed by atoms with van der Waals surface area (Å²) in [4.78, 5) is 2.21. The first-order valence-corrected chi connectivity index (χ1v) is 15.9. The molecule has 3 aromatic rings. The number of rotatable bonds is 11. The summed E-state index contributed by atoms with van der Waals surface area (Å²) in [5.41, 5.74) is 6.17. The Morgan fingerprint density at radius 3 is 1.86 bits per heavy atom. The van der Waals surface area contributed by atoms with E-state index in [9.17, 15) is 31.6 Å². The second kappa shape index (κ2) is 18.1. The van der Waals surface area contributed by atoms with E-state index in [4.69, 9.17) is 0 Å². The van der Waals surface area contributed by atoms with Gasteiger partial charge in [-0.1, -0.05) is 103 Å². The number of allylic oxidation sites excluding steroid dienone is 13. The maximum absolute atomic E-state index is 10.1. The van der Waals surface area contributed by atoms with E-state index in [1.54, 1.807) is 72.8 Å². The molecule has 0 atom stereocenters. The number of likely N-dealkylation sites (N-methyl/N-ethyl adjacent to an activating group) is 1. The molecule has 1 aliphatic rings. The molecular weight excluding hydrogens is 615 g/mol. The highest BCUT2D eigenvalue weighted by Gasteiger charge is 2.24. The Morgan fingerprint density at radius 2 is 1.32 bits per heavy atom. The molecule has 0 fully saturated rings. The Hall–Kier alpha value is -7.42. The van der Waals surface area contributed by atoms with Gasteiger partial charge in [-0.05, 0) is 66.3 Å². The molecule has 0 bridgehead atoms. The van der Waals surface area contributed by atoms with Gasteiger partial charge in [0.25, 0.3) is 0 Å². The van der Waals surface area contributed by atoms with Gasteiger partial charge in [0.2, 0.25) is 0 Å². The van der Waals surface area contributed by atoms with E-state index < -0.39 is 5.92 Å². The number of para-hydroxylation sites is 1. The highest BCUT2D eigenvalue weighted by Crippen LogP contribution is 2.38. The molecule has 238 valence electrons. The van der Waals surface area contributed by atoms with Crippen LogP contribution >= 0.6 is 0 Å². The molecule has 7 nitrogen and oxygen atoms in total. The third kappa shape index (κ3) is 8.29. The first-order chi connectivity index (χ1) is 24.5. The van der Waals surface area contributed by atoms with Crippen molar-refractivity contribution in [2.45, 2.75) is 19.8 Å². The van der Waals surface area contributed by atoms with Crippen molar-refractivity contribution in [2.24, 2.45) is 5.92 Å². The largest absolute Gasteiger partial charge is 0.341 e. The Bertz CT molecular complexity index is 2160. The number of anilines is 1. The highest BCUT2D eigenvalue weighted by atomic mass is 15.1. The van der Waals surface area contributed by atoms with Crippen LogP contribution in [0, 0.1) is 73.9 Å².